The van der Waals surface area contributed by atoms with Crippen molar-refractivity contribution < 1.29 is 9.53 Å². The molecule has 0 aromatic heterocycles. The fourth-order valence-electron chi connectivity index (χ4n) is 2.07. The zero-order valence-electron chi connectivity index (χ0n) is 9.95. The molecule has 0 aromatic carbocycles. The van der Waals surface area contributed by atoms with E-state index in [2.05, 4.69) is 5.32 Å². The van der Waals surface area contributed by atoms with Gasteiger partial charge in [0, 0.05) is 26.2 Å². The molecule has 4 nitrogen and oxygen atoms in total. The lowest BCUT2D eigenvalue weighted by molar-refractivity contribution is -0.144. The lowest BCUT2D eigenvalue weighted by Crippen LogP contribution is -2.51. The molecule has 1 aliphatic heterocycles. The van der Waals surface area contributed by atoms with Crippen molar-refractivity contribution in [3.8, 4) is 0 Å². The molecule has 1 aliphatic rings. The second kappa shape index (κ2) is 6.08. The van der Waals surface area contributed by atoms with Gasteiger partial charge in [-0.1, -0.05) is 0 Å². The Morgan fingerprint density at radius 3 is 2.93 bits per heavy atom. The van der Waals surface area contributed by atoms with Crippen LogP contribution in [0.2, 0.25) is 0 Å². The third-order valence-corrected chi connectivity index (χ3v) is 3.05. The lowest BCUT2D eigenvalue weighted by Gasteiger charge is -2.37. The molecule has 1 rings (SSSR count). The van der Waals surface area contributed by atoms with Crippen molar-refractivity contribution in [3.63, 3.8) is 0 Å². The molecule has 0 aromatic rings. The normalized spacial score (nSPS) is 23.9. The van der Waals surface area contributed by atoms with E-state index in [-0.39, 0.29) is 12.0 Å². The van der Waals surface area contributed by atoms with E-state index in [1.807, 2.05) is 18.9 Å². The average molecular weight is 214 g/mol. The van der Waals surface area contributed by atoms with Gasteiger partial charge in [-0.25, -0.2) is 0 Å². The summed E-state index contributed by atoms with van der Waals surface area (Å²) < 4.78 is 5.08. The Labute approximate surface area is 92.0 Å². The topological polar surface area (TPSA) is 41.6 Å². The zero-order valence-corrected chi connectivity index (χ0v) is 9.95. The third kappa shape index (κ3) is 3.18. The predicted molar refractivity (Wildman–Crippen MR) is 59.7 cm³/mol. The molecule has 15 heavy (non-hydrogen) atoms. The Hall–Kier alpha value is -0.610. The van der Waals surface area contributed by atoms with Crippen LogP contribution in [0.5, 0.6) is 0 Å². The summed E-state index contributed by atoms with van der Waals surface area (Å²) in [6.07, 6.45) is 3.12. The SMILES string of the molecule is CNCC1CCCCN1C(=O)C(C)OC. The van der Waals surface area contributed by atoms with Crippen molar-refractivity contribution in [3.05, 3.63) is 0 Å². The van der Waals surface area contributed by atoms with Gasteiger partial charge in [-0.3, -0.25) is 4.79 Å². The van der Waals surface area contributed by atoms with E-state index in [1.54, 1.807) is 7.11 Å². The Kier molecular flexibility index (Phi) is 5.05. The summed E-state index contributed by atoms with van der Waals surface area (Å²) in [5.41, 5.74) is 0. The van der Waals surface area contributed by atoms with Crippen molar-refractivity contribution in [2.24, 2.45) is 0 Å². The number of carbonyl (C=O) groups is 1. The Bertz CT molecular complexity index is 207. The quantitative estimate of drug-likeness (QED) is 0.746. The summed E-state index contributed by atoms with van der Waals surface area (Å²) in [5, 5.41) is 3.14. The number of hydrogen-bond acceptors (Lipinski definition) is 3. The molecule has 2 unspecified atom stereocenters. The fourth-order valence-corrected chi connectivity index (χ4v) is 2.07. The highest BCUT2D eigenvalue weighted by Crippen LogP contribution is 2.17. The standard InChI is InChI=1S/C11H22N2O2/c1-9(15-3)11(14)13-7-5-4-6-10(13)8-12-2/h9-10,12H,4-8H2,1-3H3. The molecule has 1 fully saturated rings. The van der Waals surface area contributed by atoms with Gasteiger partial charge in [0.15, 0.2) is 0 Å². The second-order valence-electron chi connectivity index (χ2n) is 4.12. The Balaban J connectivity index is 2.58. The van der Waals surface area contributed by atoms with Gasteiger partial charge in [-0.05, 0) is 33.2 Å². The summed E-state index contributed by atoms with van der Waals surface area (Å²) in [6, 6.07) is 0.342. The van der Waals surface area contributed by atoms with E-state index < -0.39 is 0 Å². The van der Waals surface area contributed by atoms with Crippen LogP contribution in [0.3, 0.4) is 0 Å². The number of nitrogens with one attached hydrogen (secondary N) is 1. The first kappa shape index (κ1) is 12.5. The molecule has 1 N–H and O–H groups in total. The van der Waals surface area contributed by atoms with Gasteiger partial charge in [0.1, 0.15) is 6.10 Å². The maximum absolute atomic E-state index is 12.0. The molecule has 0 radical (unpaired) electrons. The van der Waals surface area contributed by atoms with Crippen LogP contribution in [0.1, 0.15) is 26.2 Å². The highest BCUT2D eigenvalue weighted by atomic mass is 16.5. The molecular weight excluding hydrogens is 192 g/mol. The van der Waals surface area contributed by atoms with Gasteiger partial charge in [0.05, 0.1) is 0 Å². The van der Waals surface area contributed by atoms with Crippen molar-refractivity contribution in [2.75, 3.05) is 27.2 Å². The second-order valence-corrected chi connectivity index (χ2v) is 4.12. The van der Waals surface area contributed by atoms with Crippen LogP contribution >= 0.6 is 0 Å². The molecule has 4 heteroatoms. The van der Waals surface area contributed by atoms with Crippen molar-refractivity contribution in [1.82, 2.24) is 10.2 Å². The van der Waals surface area contributed by atoms with Crippen LogP contribution in [0.15, 0.2) is 0 Å². The van der Waals surface area contributed by atoms with Crippen LogP contribution in [-0.4, -0.2) is 50.2 Å². The maximum Gasteiger partial charge on any atom is 0.251 e. The van der Waals surface area contributed by atoms with E-state index in [1.165, 1.54) is 6.42 Å². The Morgan fingerprint density at radius 2 is 2.33 bits per heavy atom. The number of amides is 1. The summed E-state index contributed by atoms with van der Waals surface area (Å²) in [6.45, 7) is 3.56. The Morgan fingerprint density at radius 1 is 1.60 bits per heavy atom. The molecular formula is C11H22N2O2. The number of nitrogens with zero attached hydrogens (tertiary/aromatic N) is 1. The number of piperidine rings is 1. The molecule has 1 amide bonds. The summed E-state index contributed by atoms with van der Waals surface area (Å²) in [5.74, 6) is 0.123. The minimum atomic E-state index is -0.317. The minimum absolute atomic E-state index is 0.123. The smallest absolute Gasteiger partial charge is 0.251 e. The van der Waals surface area contributed by atoms with E-state index in [0.29, 0.717) is 6.04 Å². The van der Waals surface area contributed by atoms with Gasteiger partial charge in [0.25, 0.3) is 5.91 Å². The zero-order chi connectivity index (χ0) is 11.3. The van der Waals surface area contributed by atoms with Gasteiger partial charge in [0.2, 0.25) is 0 Å². The third-order valence-electron chi connectivity index (χ3n) is 3.05. The summed E-state index contributed by atoms with van der Waals surface area (Å²) >= 11 is 0. The minimum Gasteiger partial charge on any atom is -0.372 e. The number of likely N-dealkylation sites (tertiary alicyclic amines) is 1. The maximum atomic E-state index is 12.0. The molecule has 0 bridgehead atoms. The largest absolute Gasteiger partial charge is 0.372 e. The van der Waals surface area contributed by atoms with Crippen LogP contribution in [0.4, 0.5) is 0 Å². The van der Waals surface area contributed by atoms with Crippen LogP contribution < -0.4 is 5.32 Å². The molecule has 0 spiro atoms. The van der Waals surface area contributed by atoms with Crippen molar-refractivity contribution >= 4 is 5.91 Å². The number of carbonyl (C=O) groups excluding carboxylic acids is 1. The molecule has 1 heterocycles. The monoisotopic (exact) mass is 214 g/mol. The number of hydrogen-bond donors (Lipinski definition) is 1. The fraction of sp³-hybridized carbons (Fsp3) is 0.909. The number of likely N-dealkylation sites (N-methyl/N-ethyl adjacent to an activating group) is 1. The van der Waals surface area contributed by atoms with E-state index >= 15 is 0 Å². The van der Waals surface area contributed by atoms with E-state index in [4.69, 9.17) is 4.74 Å². The van der Waals surface area contributed by atoms with Crippen LogP contribution in [0.25, 0.3) is 0 Å². The van der Waals surface area contributed by atoms with Gasteiger partial charge in [-0.2, -0.15) is 0 Å². The van der Waals surface area contributed by atoms with Crippen molar-refractivity contribution in [1.29, 1.82) is 0 Å². The first-order chi connectivity index (χ1) is 7.20. The van der Waals surface area contributed by atoms with Gasteiger partial charge >= 0.3 is 0 Å². The van der Waals surface area contributed by atoms with Crippen LogP contribution in [-0.2, 0) is 9.53 Å². The van der Waals surface area contributed by atoms with Gasteiger partial charge in [-0.15, -0.1) is 0 Å². The molecule has 0 aliphatic carbocycles. The summed E-state index contributed by atoms with van der Waals surface area (Å²) in [7, 11) is 3.51. The van der Waals surface area contributed by atoms with Crippen LogP contribution in [0, 0.1) is 0 Å². The van der Waals surface area contributed by atoms with E-state index in [9.17, 15) is 4.79 Å². The number of ether oxygens (including phenoxy) is 1. The number of rotatable bonds is 4. The average Bonchev–Trinajstić information content (AvgIpc) is 2.28. The van der Waals surface area contributed by atoms with E-state index in [0.717, 1.165) is 25.9 Å². The molecule has 1 saturated heterocycles. The first-order valence-corrected chi connectivity index (χ1v) is 5.68. The highest BCUT2D eigenvalue weighted by molar-refractivity contribution is 5.81. The first-order valence-electron chi connectivity index (χ1n) is 5.68. The highest BCUT2D eigenvalue weighted by Gasteiger charge is 2.28. The van der Waals surface area contributed by atoms with Crippen molar-refractivity contribution in [2.45, 2.75) is 38.3 Å². The molecule has 88 valence electrons. The van der Waals surface area contributed by atoms with Gasteiger partial charge < -0.3 is 15.0 Å². The molecule has 2 atom stereocenters. The molecule has 0 saturated carbocycles. The number of methoxy groups -OCH3 is 1. The lowest BCUT2D eigenvalue weighted by atomic mass is 10.0. The predicted octanol–water partition coefficient (Wildman–Crippen LogP) is 0.622. The summed E-state index contributed by atoms with van der Waals surface area (Å²) in [4.78, 5) is 14.0.